The minimum absolute atomic E-state index is 0.117. The lowest BCUT2D eigenvalue weighted by molar-refractivity contribution is -0.137. The Morgan fingerprint density at radius 2 is 2.16 bits per heavy atom. The first kappa shape index (κ1) is 15.9. The van der Waals surface area contributed by atoms with Gasteiger partial charge in [-0.3, -0.25) is 0 Å². The Morgan fingerprint density at radius 1 is 1.42 bits per heavy atom. The Kier molecular flexibility index (Phi) is 6.26. The van der Waals surface area contributed by atoms with E-state index in [1.807, 2.05) is 6.92 Å². The maximum Gasteiger partial charge on any atom is 0.416 e. The molecular weight excluding hydrogens is 271 g/mol. The molecule has 104 valence electrons. The maximum atomic E-state index is 12.6. The maximum absolute atomic E-state index is 12.6. The Bertz CT molecular complexity index is 437. The van der Waals surface area contributed by atoms with Crippen LogP contribution in [0, 0.1) is 12.3 Å². The summed E-state index contributed by atoms with van der Waals surface area (Å²) in [6.45, 7) is 2.56. The highest BCUT2D eigenvalue weighted by Crippen LogP contribution is 2.30. The Morgan fingerprint density at radius 3 is 2.79 bits per heavy atom. The van der Waals surface area contributed by atoms with Gasteiger partial charge in [0.1, 0.15) is 0 Å². The molecule has 0 fully saturated rings. The second-order valence-corrected chi connectivity index (χ2v) is 5.16. The van der Waals surface area contributed by atoms with Crippen molar-refractivity contribution in [2.75, 3.05) is 18.1 Å². The Labute approximate surface area is 116 Å². The summed E-state index contributed by atoms with van der Waals surface area (Å²) in [5.41, 5.74) is 0.0251. The van der Waals surface area contributed by atoms with Crippen molar-refractivity contribution in [2.45, 2.75) is 19.1 Å². The van der Waals surface area contributed by atoms with Crippen molar-refractivity contribution in [1.29, 1.82) is 0 Å². The normalized spacial score (nSPS) is 13.0. The Hall–Kier alpha value is -1.12. The summed E-state index contributed by atoms with van der Waals surface area (Å²) in [6, 6.07) is 5.28. The topological polar surface area (TPSA) is 12.0 Å². The molecule has 1 aromatic rings. The molecule has 0 heterocycles. The molecule has 5 heteroatoms. The van der Waals surface area contributed by atoms with Crippen LogP contribution in [0.25, 0.3) is 0 Å². The van der Waals surface area contributed by atoms with Crippen LogP contribution in [0.1, 0.15) is 24.1 Å². The lowest BCUT2D eigenvalue weighted by atomic mass is 10.1. The molecule has 1 atom stereocenters. The molecular formula is C14H16F3NS. The summed E-state index contributed by atoms with van der Waals surface area (Å²) in [5.74, 6) is 4.01. The summed E-state index contributed by atoms with van der Waals surface area (Å²) in [4.78, 5) is 0. The van der Waals surface area contributed by atoms with Crippen molar-refractivity contribution < 1.29 is 13.2 Å². The van der Waals surface area contributed by atoms with E-state index in [-0.39, 0.29) is 6.04 Å². The first-order valence-corrected chi connectivity index (χ1v) is 7.02. The fourth-order valence-corrected chi connectivity index (χ4v) is 2.11. The molecule has 0 aromatic heterocycles. The number of hydrogen-bond acceptors (Lipinski definition) is 2. The average molecular weight is 287 g/mol. The van der Waals surface area contributed by atoms with Crippen molar-refractivity contribution >= 4 is 11.8 Å². The van der Waals surface area contributed by atoms with Crippen LogP contribution in [-0.4, -0.2) is 18.1 Å². The molecule has 1 unspecified atom stereocenters. The van der Waals surface area contributed by atoms with Gasteiger partial charge in [0.2, 0.25) is 0 Å². The molecule has 19 heavy (non-hydrogen) atoms. The van der Waals surface area contributed by atoms with Crippen LogP contribution in [0.4, 0.5) is 13.2 Å². The highest BCUT2D eigenvalue weighted by Gasteiger charge is 2.30. The molecule has 0 aliphatic carbocycles. The molecule has 0 spiro atoms. The second-order valence-electron chi connectivity index (χ2n) is 4.06. The van der Waals surface area contributed by atoms with Gasteiger partial charge in [-0.15, -0.1) is 18.2 Å². The van der Waals surface area contributed by atoms with Crippen LogP contribution < -0.4 is 5.32 Å². The number of hydrogen-bond donors (Lipinski definition) is 1. The largest absolute Gasteiger partial charge is 0.416 e. The van der Waals surface area contributed by atoms with Crippen LogP contribution in [0.15, 0.2) is 24.3 Å². The number of alkyl halides is 3. The number of terminal acetylenes is 1. The summed E-state index contributed by atoms with van der Waals surface area (Å²) < 4.78 is 37.7. The van der Waals surface area contributed by atoms with E-state index >= 15 is 0 Å². The third-order valence-electron chi connectivity index (χ3n) is 2.60. The zero-order valence-electron chi connectivity index (χ0n) is 10.6. The van der Waals surface area contributed by atoms with Crippen LogP contribution in [0.2, 0.25) is 0 Å². The van der Waals surface area contributed by atoms with E-state index in [1.54, 1.807) is 17.8 Å². The van der Waals surface area contributed by atoms with Gasteiger partial charge < -0.3 is 5.32 Å². The second kappa shape index (κ2) is 7.46. The zero-order valence-corrected chi connectivity index (χ0v) is 11.4. The molecule has 0 radical (unpaired) electrons. The van der Waals surface area contributed by atoms with Gasteiger partial charge in [-0.25, -0.2) is 0 Å². The predicted octanol–water partition coefficient (Wildman–Crippen LogP) is 3.72. The van der Waals surface area contributed by atoms with E-state index in [1.165, 1.54) is 12.1 Å². The number of thioether (sulfide) groups is 1. The zero-order chi connectivity index (χ0) is 14.3. The molecule has 0 aliphatic heterocycles. The van der Waals surface area contributed by atoms with Gasteiger partial charge >= 0.3 is 6.18 Å². The number of rotatable bonds is 6. The first-order valence-electron chi connectivity index (χ1n) is 5.87. The lowest BCUT2D eigenvalue weighted by Gasteiger charge is -2.16. The molecule has 0 saturated heterocycles. The van der Waals surface area contributed by atoms with E-state index < -0.39 is 11.7 Å². The minimum Gasteiger partial charge on any atom is -0.309 e. The van der Waals surface area contributed by atoms with E-state index in [2.05, 4.69) is 11.2 Å². The molecule has 1 N–H and O–H groups in total. The summed E-state index contributed by atoms with van der Waals surface area (Å²) in [6.07, 6.45) is 0.828. The van der Waals surface area contributed by atoms with Gasteiger partial charge in [0.05, 0.1) is 11.3 Å². The van der Waals surface area contributed by atoms with Crippen LogP contribution in [0.5, 0.6) is 0 Å². The number of benzene rings is 1. The smallest absolute Gasteiger partial charge is 0.309 e. The van der Waals surface area contributed by atoms with Gasteiger partial charge in [0.15, 0.2) is 0 Å². The van der Waals surface area contributed by atoms with Gasteiger partial charge in [0, 0.05) is 18.3 Å². The van der Waals surface area contributed by atoms with E-state index in [0.29, 0.717) is 17.9 Å². The lowest BCUT2D eigenvalue weighted by Crippen LogP contribution is -2.21. The van der Waals surface area contributed by atoms with Crippen molar-refractivity contribution in [3.8, 4) is 12.3 Å². The monoisotopic (exact) mass is 287 g/mol. The Balaban J connectivity index is 2.53. The molecule has 1 aromatic carbocycles. The highest BCUT2D eigenvalue weighted by atomic mass is 32.2. The summed E-state index contributed by atoms with van der Waals surface area (Å²) in [7, 11) is 0. The summed E-state index contributed by atoms with van der Waals surface area (Å²) >= 11 is 1.62. The van der Waals surface area contributed by atoms with E-state index in [9.17, 15) is 13.2 Å². The summed E-state index contributed by atoms with van der Waals surface area (Å²) in [5, 5.41) is 3.18. The molecule has 0 aliphatic rings. The van der Waals surface area contributed by atoms with Crippen LogP contribution >= 0.6 is 11.8 Å². The SMILES string of the molecule is C#CCSCCNC(C)c1cccc(C(F)(F)F)c1. The van der Waals surface area contributed by atoms with Crippen molar-refractivity contribution in [3.63, 3.8) is 0 Å². The predicted molar refractivity (Wildman–Crippen MR) is 74.0 cm³/mol. The average Bonchev–Trinajstić information content (AvgIpc) is 2.37. The fourth-order valence-electron chi connectivity index (χ4n) is 1.58. The van der Waals surface area contributed by atoms with Crippen molar-refractivity contribution in [2.24, 2.45) is 0 Å². The van der Waals surface area contributed by atoms with Gasteiger partial charge in [-0.1, -0.05) is 18.1 Å². The van der Waals surface area contributed by atoms with Gasteiger partial charge in [-0.05, 0) is 24.6 Å². The fraction of sp³-hybridized carbons (Fsp3) is 0.429. The minimum atomic E-state index is -4.29. The highest BCUT2D eigenvalue weighted by molar-refractivity contribution is 7.99. The standard InChI is InChI=1S/C14H16F3NS/c1-3-8-19-9-7-18-11(2)12-5-4-6-13(10-12)14(15,16)17/h1,4-6,10-11,18H,7-9H2,2H3. The van der Waals surface area contributed by atoms with Crippen molar-refractivity contribution in [3.05, 3.63) is 35.4 Å². The first-order chi connectivity index (χ1) is 8.95. The van der Waals surface area contributed by atoms with Crippen LogP contribution in [0.3, 0.4) is 0 Å². The van der Waals surface area contributed by atoms with Crippen molar-refractivity contribution in [1.82, 2.24) is 5.32 Å². The molecule has 0 amide bonds. The van der Waals surface area contributed by atoms with Gasteiger partial charge in [0.25, 0.3) is 0 Å². The molecule has 0 bridgehead atoms. The van der Waals surface area contributed by atoms with E-state index in [0.717, 1.165) is 11.8 Å². The third kappa shape index (κ3) is 5.58. The molecule has 0 saturated carbocycles. The van der Waals surface area contributed by atoms with E-state index in [4.69, 9.17) is 6.42 Å². The number of nitrogens with one attached hydrogen (secondary N) is 1. The van der Waals surface area contributed by atoms with Crippen LogP contribution in [-0.2, 0) is 6.18 Å². The third-order valence-corrected chi connectivity index (χ3v) is 3.46. The van der Waals surface area contributed by atoms with Gasteiger partial charge in [-0.2, -0.15) is 13.2 Å². The molecule has 1 rings (SSSR count). The quantitative estimate of drug-likeness (QED) is 0.632. The molecule has 1 nitrogen and oxygen atoms in total. The number of halogens is 3.